The summed E-state index contributed by atoms with van der Waals surface area (Å²) in [5, 5.41) is 0.920. The number of hydrogen-bond donors (Lipinski definition) is 0. The fourth-order valence-electron chi connectivity index (χ4n) is 1.22. The first-order valence-electron chi connectivity index (χ1n) is 4.09. The van der Waals surface area contributed by atoms with Crippen LogP contribution in [0.15, 0.2) is 28.7 Å². The standard InChI is InChI=1S/C10H12Br2O/c1-13-7-8(6-11)9-4-2-3-5-10(9)12/h2-5,8H,6-7H2,1H3. The lowest BCUT2D eigenvalue weighted by atomic mass is 10.0. The van der Waals surface area contributed by atoms with Gasteiger partial charge in [-0.25, -0.2) is 0 Å². The van der Waals surface area contributed by atoms with Crippen molar-refractivity contribution in [1.29, 1.82) is 0 Å². The maximum atomic E-state index is 5.15. The Labute approximate surface area is 95.7 Å². The van der Waals surface area contributed by atoms with Gasteiger partial charge < -0.3 is 4.74 Å². The van der Waals surface area contributed by atoms with Crippen LogP contribution in [0.5, 0.6) is 0 Å². The third-order valence-electron chi connectivity index (χ3n) is 1.90. The molecule has 0 bridgehead atoms. The summed E-state index contributed by atoms with van der Waals surface area (Å²) in [5.41, 5.74) is 1.29. The quantitative estimate of drug-likeness (QED) is 0.773. The van der Waals surface area contributed by atoms with Crippen LogP contribution in [0.1, 0.15) is 11.5 Å². The maximum Gasteiger partial charge on any atom is 0.0539 e. The van der Waals surface area contributed by atoms with Crippen LogP contribution in [0.25, 0.3) is 0 Å². The van der Waals surface area contributed by atoms with Crippen molar-refractivity contribution in [2.75, 3.05) is 19.0 Å². The zero-order valence-corrected chi connectivity index (χ0v) is 10.6. The summed E-state index contributed by atoms with van der Waals surface area (Å²) in [4.78, 5) is 0. The van der Waals surface area contributed by atoms with Gasteiger partial charge in [-0.2, -0.15) is 0 Å². The largest absolute Gasteiger partial charge is 0.384 e. The molecule has 0 N–H and O–H groups in total. The van der Waals surface area contributed by atoms with Crippen LogP contribution in [-0.2, 0) is 4.74 Å². The average molecular weight is 308 g/mol. The molecule has 0 fully saturated rings. The van der Waals surface area contributed by atoms with Gasteiger partial charge in [-0.15, -0.1) is 0 Å². The molecule has 0 aliphatic heterocycles. The predicted octanol–water partition coefficient (Wildman–Crippen LogP) is 3.57. The number of benzene rings is 1. The van der Waals surface area contributed by atoms with Gasteiger partial charge in [0.1, 0.15) is 0 Å². The highest BCUT2D eigenvalue weighted by Gasteiger charge is 2.11. The number of halogens is 2. The van der Waals surface area contributed by atoms with Crippen molar-refractivity contribution in [3.8, 4) is 0 Å². The Morgan fingerprint density at radius 2 is 2.08 bits per heavy atom. The monoisotopic (exact) mass is 306 g/mol. The fraction of sp³-hybridized carbons (Fsp3) is 0.400. The molecule has 1 nitrogen and oxygen atoms in total. The SMILES string of the molecule is COCC(CBr)c1ccccc1Br. The number of alkyl halides is 1. The Bertz CT molecular complexity index is 263. The van der Waals surface area contributed by atoms with E-state index in [2.05, 4.69) is 44.0 Å². The van der Waals surface area contributed by atoms with Crippen LogP contribution in [-0.4, -0.2) is 19.0 Å². The molecule has 0 saturated heterocycles. The lowest BCUT2D eigenvalue weighted by molar-refractivity contribution is 0.185. The van der Waals surface area contributed by atoms with Crippen LogP contribution in [0.4, 0.5) is 0 Å². The molecule has 0 radical (unpaired) electrons. The second-order valence-corrected chi connectivity index (χ2v) is 4.33. The molecular formula is C10H12Br2O. The summed E-state index contributed by atoms with van der Waals surface area (Å²) >= 11 is 7.02. The van der Waals surface area contributed by atoms with Gasteiger partial charge in [-0.05, 0) is 11.6 Å². The highest BCUT2D eigenvalue weighted by molar-refractivity contribution is 9.10. The van der Waals surface area contributed by atoms with E-state index in [0.29, 0.717) is 5.92 Å². The van der Waals surface area contributed by atoms with Crippen molar-refractivity contribution in [3.63, 3.8) is 0 Å². The highest BCUT2D eigenvalue weighted by Crippen LogP contribution is 2.26. The smallest absolute Gasteiger partial charge is 0.0539 e. The van der Waals surface area contributed by atoms with Gasteiger partial charge in [-0.3, -0.25) is 0 Å². The van der Waals surface area contributed by atoms with Crippen molar-refractivity contribution in [3.05, 3.63) is 34.3 Å². The fourth-order valence-corrected chi connectivity index (χ4v) is 2.37. The minimum Gasteiger partial charge on any atom is -0.384 e. The summed E-state index contributed by atoms with van der Waals surface area (Å²) in [6.45, 7) is 0.744. The lowest BCUT2D eigenvalue weighted by Gasteiger charge is -2.14. The van der Waals surface area contributed by atoms with E-state index >= 15 is 0 Å². The van der Waals surface area contributed by atoms with Gasteiger partial charge in [0, 0.05) is 22.8 Å². The number of methoxy groups -OCH3 is 1. The first-order valence-corrected chi connectivity index (χ1v) is 6.00. The predicted molar refractivity (Wildman–Crippen MR) is 62.6 cm³/mol. The minimum absolute atomic E-state index is 0.417. The van der Waals surface area contributed by atoms with E-state index in [-0.39, 0.29) is 0 Å². The topological polar surface area (TPSA) is 9.23 Å². The maximum absolute atomic E-state index is 5.15. The summed E-state index contributed by atoms with van der Waals surface area (Å²) in [6.07, 6.45) is 0. The molecular weight excluding hydrogens is 296 g/mol. The second-order valence-electron chi connectivity index (χ2n) is 2.83. The molecule has 13 heavy (non-hydrogen) atoms. The van der Waals surface area contributed by atoms with E-state index in [4.69, 9.17) is 4.74 Å². The van der Waals surface area contributed by atoms with Crippen LogP contribution in [0, 0.1) is 0 Å². The summed E-state index contributed by atoms with van der Waals surface area (Å²) in [5.74, 6) is 0.417. The van der Waals surface area contributed by atoms with Crippen molar-refractivity contribution < 1.29 is 4.74 Å². The van der Waals surface area contributed by atoms with E-state index in [1.165, 1.54) is 5.56 Å². The van der Waals surface area contributed by atoms with Crippen molar-refractivity contribution in [1.82, 2.24) is 0 Å². The van der Waals surface area contributed by atoms with E-state index in [1.54, 1.807) is 7.11 Å². The van der Waals surface area contributed by atoms with Gasteiger partial charge in [0.25, 0.3) is 0 Å². The molecule has 0 amide bonds. The van der Waals surface area contributed by atoms with E-state index in [9.17, 15) is 0 Å². The first-order chi connectivity index (χ1) is 6.29. The Balaban J connectivity index is 2.84. The molecule has 0 spiro atoms. The molecule has 0 saturated carbocycles. The summed E-state index contributed by atoms with van der Waals surface area (Å²) in [7, 11) is 1.73. The zero-order chi connectivity index (χ0) is 9.68. The second kappa shape index (κ2) is 5.78. The molecule has 1 unspecified atom stereocenters. The van der Waals surface area contributed by atoms with Gasteiger partial charge in [0.05, 0.1) is 6.61 Å². The van der Waals surface area contributed by atoms with Crippen LogP contribution in [0.3, 0.4) is 0 Å². The number of hydrogen-bond acceptors (Lipinski definition) is 1. The Hall–Kier alpha value is 0.140. The van der Waals surface area contributed by atoms with Crippen molar-refractivity contribution in [2.24, 2.45) is 0 Å². The van der Waals surface area contributed by atoms with Crippen molar-refractivity contribution in [2.45, 2.75) is 5.92 Å². The van der Waals surface area contributed by atoms with Crippen LogP contribution >= 0.6 is 31.9 Å². The van der Waals surface area contributed by atoms with Crippen LogP contribution < -0.4 is 0 Å². The minimum atomic E-state index is 0.417. The third-order valence-corrected chi connectivity index (χ3v) is 3.40. The number of ether oxygens (including phenoxy) is 1. The van der Waals surface area contributed by atoms with E-state index in [1.807, 2.05) is 12.1 Å². The van der Waals surface area contributed by atoms with Gasteiger partial charge in [-0.1, -0.05) is 50.1 Å². The van der Waals surface area contributed by atoms with Gasteiger partial charge in [0.15, 0.2) is 0 Å². The third kappa shape index (κ3) is 3.08. The van der Waals surface area contributed by atoms with Crippen molar-refractivity contribution >= 4 is 31.9 Å². The number of rotatable bonds is 4. The molecule has 1 rings (SSSR count). The first kappa shape index (κ1) is 11.2. The normalized spacial score (nSPS) is 12.8. The Morgan fingerprint density at radius 1 is 1.38 bits per heavy atom. The highest BCUT2D eigenvalue weighted by atomic mass is 79.9. The lowest BCUT2D eigenvalue weighted by Crippen LogP contribution is -2.08. The average Bonchev–Trinajstić information content (AvgIpc) is 2.16. The van der Waals surface area contributed by atoms with E-state index in [0.717, 1.165) is 16.4 Å². The molecule has 3 heteroatoms. The molecule has 0 aliphatic carbocycles. The van der Waals surface area contributed by atoms with Crippen LogP contribution in [0.2, 0.25) is 0 Å². The molecule has 0 aromatic heterocycles. The Morgan fingerprint density at radius 3 is 2.62 bits per heavy atom. The molecule has 72 valence electrons. The van der Waals surface area contributed by atoms with E-state index < -0.39 is 0 Å². The van der Waals surface area contributed by atoms with Gasteiger partial charge >= 0.3 is 0 Å². The molecule has 1 aromatic carbocycles. The summed E-state index contributed by atoms with van der Waals surface area (Å²) in [6, 6.07) is 8.24. The summed E-state index contributed by atoms with van der Waals surface area (Å²) < 4.78 is 6.30. The Kier molecular flexibility index (Phi) is 4.99. The molecule has 0 aliphatic rings. The molecule has 1 aromatic rings. The molecule has 1 atom stereocenters. The zero-order valence-electron chi connectivity index (χ0n) is 7.47. The van der Waals surface area contributed by atoms with Gasteiger partial charge in [0.2, 0.25) is 0 Å². The molecule has 0 heterocycles.